The lowest BCUT2D eigenvalue weighted by molar-refractivity contribution is 0.160. The van der Waals surface area contributed by atoms with Crippen LogP contribution in [0.5, 0.6) is 0 Å². The van der Waals surface area contributed by atoms with E-state index in [4.69, 9.17) is 4.42 Å². The average molecular weight is 252 g/mol. The Morgan fingerprint density at radius 1 is 1.50 bits per heavy atom. The minimum Gasteiger partial charge on any atom is -0.439 e. The van der Waals surface area contributed by atoms with Crippen molar-refractivity contribution in [2.75, 3.05) is 13.6 Å². The largest absolute Gasteiger partial charge is 0.439 e. The Balaban J connectivity index is 2.03. The van der Waals surface area contributed by atoms with Gasteiger partial charge in [-0.15, -0.1) is 0 Å². The molecule has 18 heavy (non-hydrogen) atoms. The van der Waals surface area contributed by atoms with Gasteiger partial charge in [0.15, 0.2) is 5.58 Å². The highest BCUT2D eigenvalue weighted by Gasteiger charge is 2.09. The number of hydrogen-bond acceptors (Lipinski definition) is 4. The van der Waals surface area contributed by atoms with E-state index in [1.165, 1.54) is 12.1 Å². The molecule has 1 aromatic carbocycles. The van der Waals surface area contributed by atoms with Gasteiger partial charge in [0.1, 0.15) is 11.3 Å². The maximum absolute atomic E-state index is 13.0. The Hall–Kier alpha value is -1.46. The summed E-state index contributed by atoms with van der Waals surface area (Å²) in [6.07, 6.45) is 0.385. The molecule has 0 aliphatic rings. The first-order chi connectivity index (χ1) is 8.54. The molecule has 98 valence electrons. The fourth-order valence-corrected chi connectivity index (χ4v) is 1.73. The minimum atomic E-state index is -0.326. The van der Waals surface area contributed by atoms with Crippen LogP contribution in [0.1, 0.15) is 19.2 Å². The topological polar surface area (TPSA) is 49.5 Å². The second-order valence-electron chi connectivity index (χ2n) is 4.60. The zero-order chi connectivity index (χ0) is 13.1. The van der Waals surface area contributed by atoms with Crippen molar-refractivity contribution in [2.24, 2.45) is 0 Å². The molecule has 4 nitrogen and oxygen atoms in total. The van der Waals surface area contributed by atoms with Crippen LogP contribution in [-0.2, 0) is 6.54 Å². The third-order valence-corrected chi connectivity index (χ3v) is 2.73. The first kappa shape index (κ1) is 13.0. The summed E-state index contributed by atoms with van der Waals surface area (Å²) in [7, 11) is 1.93. The molecular formula is C13H17FN2O2. The van der Waals surface area contributed by atoms with E-state index < -0.39 is 0 Å². The summed E-state index contributed by atoms with van der Waals surface area (Å²) in [6.45, 7) is 3.06. The number of benzene rings is 1. The van der Waals surface area contributed by atoms with Crippen molar-refractivity contribution >= 4 is 11.1 Å². The van der Waals surface area contributed by atoms with Gasteiger partial charge in [-0.05, 0) is 32.5 Å². The molecule has 1 heterocycles. The van der Waals surface area contributed by atoms with Crippen molar-refractivity contribution in [1.29, 1.82) is 0 Å². The standard InChI is InChI=1S/C13H17FN2O2/c1-9(17)5-6-16(2)8-13-15-11-4-3-10(14)7-12(11)18-13/h3-4,7,9,17H,5-6,8H2,1-2H3. The van der Waals surface area contributed by atoms with Gasteiger partial charge in [-0.1, -0.05) is 0 Å². The molecule has 0 fully saturated rings. The SMILES string of the molecule is CC(O)CCN(C)Cc1nc2ccc(F)cc2o1. The predicted molar refractivity (Wildman–Crippen MR) is 66.6 cm³/mol. The zero-order valence-corrected chi connectivity index (χ0v) is 10.6. The van der Waals surface area contributed by atoms with Crippen molar-refractivity contribution in [3.63, 3.8) is 0 Å². The first-order valence-electron chi connectivity index (χ1n) is 5.96. The average Bonchev–Trinajstić information content (AvgIpc) is 2.67. The van der Waals surface area contributed by atoms with Crippen LogP contribution in [0.3, 0.4) is 0 Å². The van der Waals surface area contributed by atoms with E-state index >= 15 is 0 Å². The zero-order valence-electron chi connectivity index (χ0n) is 10.6. The number of fused-ring (bicyclic) bond motifs is 1. The number of rotatable bonds is 5. The van der Waals surface area contributed by atoms with E-state index in [1.807, 2.05) is 11.9 Å². The highest BCUT2D eigenvalue weighted by Crippen LogP contribution is 2.17. The molecule has 0 aliphatic heterocycles. The van der Waals surface area contributed by atoms with Crippen LogP contribution >= 0.6 is 0 Å². The van der Waals surface area contributed by atoms with E-state index in [1.54, 1.807) is 13.0 Å². The molecule has 1 N–H and O–H groups in total. The van der Waals surface area contributed by atoms with Crippen LogP contribution in [0.15, 0.2) is 22.6 Å². The Morgan fingerprint density at radius 2 is 2.28 bits per heavy atom. The molecule has 0 saturated heterocycles. The van der Waals surface area contributed by atoms with Crippen molar-refractivity contribution < 1.29 is 13.9 Å². The number of nitrogens with zero attached hydrogens (tertiary/aromatic N) is 2. The van der Waals surface area contributed by atoms with Gasteiger partial charge in [0.05, 0.1) is 12.6 Å². The number of hydrogen-bond donors (Lipinski definition) is 1. The molecule has 0 amide bonds. The maximum Gasteiger partial charge on any atom is 0.209 e. The lowest BCUT2D eigenvalue weighted by atomic mass is 10.3. The third kappa shape index (κ3) is 3.27. The van der Waals surface area contributed by atoms with Gasteiger partial charge in [-0.3, -0.25) is 4.90 Å². The number of aliphatic hydroxyl groups excluding tert-OH is 1. The van der Waals surface area contributed by atoms with Gasteiger partial charge in [-0.25, -0.2) is 9.37 Å². The first-order valence-corrected chi connectivity index (χ1v) is 5.96. The molecule has 0 saturated carbocycles. The number of aromatic nitrogens is 1. The van der Waals surface area contributed by atoms with Crippen molar-refractivity contribution in [3.8, 4) is 0 Å². The lowest BCUT2D eigenvalue weighted by Crippen LogP contribution is -2.22. The fourth-order valence-electron chi connectivity index (χ4n) is 1.73. The molecule has 0 aliphatic carbocycles. The van der Waals surface area contributed by atoms with Crippen LogP contribution in [0.4, 0.5) is 4.39 Å². The minimum absolute atomic E-state index is 0.315. The van der Waals surface area contributed by atoms with Gasteiger partial charge in [0, 0.05) is 12.6 Å². The normalized spacial score (nSPS) is 13.4. The summed E-state index contributed by atoms with van der Waals surface area (Å²) >= 11 is 0. The molecule has 0 radical (unpaired) electrons. The Labute approximate surface area is 105 Å². The third-order valence-electron chi connectivity index (χ3n) is 2.73. The number of aliphatic hydroxyl groups is 1. The van der Waals surface area contributed by atoms with Gasteiger partial charge in [-0.2, -0.15) is 0 Å². The summed E-state index contributed by atoms with van der Waals surface area (Å²) in [5.41, 5.74) is 1.13. The van der Waals surface area contributed by atoms with Crippen LogP contribution in [0.25, 0.3) is 11.1 Å². The molecule has 2 rings (SSSR count). The quantitative estimate of drug-likeness (QED) is 0.886. The van der Waals surface area contributed by atoms with Gasteiger partial charge in [0.25, 0.3) is 0 Å². The smallest absolute Gasteiger partial charge is 0.209 e. The maximum atomic E-state index is 13.0. The molecule has 2 aromatic rings. The van der Waals surface area contributed by atoms with Crippen molar-refractivity contribution in [1.82, 2.24) is 9.88 Å². The van der Waals surface area contributed by atoms with Gasteiger partial charge in [0.2, 0.25) is 5.89 Å². The van der Waals surface area contributed by atoms with Gasteiger partial charge >= 0.3 is 0 Å². The molecule has 1 unspecified atom stereocenters. The van der Waals surface area contributed by atoms with E-state index in [0.717, 1.165) is 6.54 Å². The molecule has 0 bridgehead atoms. The second kappa shape index (κ2) is 5.46. The summed E-state index contributed by atoms with van der Waals surface area (Å²) in [6, 6.07) is 4.31. The van der Waals surface area contributed by atoms with E-state index in [9.17, 15) is 9.50 Å². The Kier molecular flexibility index (Phi) is 3.93. The van der Waals surface area contributed by atoms with Crippen LogP contribution in [0, 0.1) is 5.82 Å². The highest BCUT2D eigenvalue weighted by molar-refractivity contribution is 5.72. The molecular weight excluding hydrogens is 235 g/mol. The van der Waals surface area contributed by atoms with E-state index in [2.05, 4.69) is 4.98 Å². The van der Waals surface area contributed by atoms with E-state index in [-0.39, 0.29) is 11.9 Å². The lowest BCUT2D eigenvalue weighted by Gasteiger charge is -2.15. The predicted octanol–water partition coefficient (Wildman–Crippen LogP) is 2.17. The Bertz CT molecular complexity index is 525. The summed E-state index contributed by atoms with van der Waals surface area (Å²) in [4.78, 5) is 6.29. The van der Waals surface area contributed by atoms with Crippen LogP contribution in [0.2, 0.25) is 0 Å². The highest BCUT2D eigenvalue weighted by atomic mass is 19.1. The number of halogens is 1. The molecule has 0 spiro atoms. The second-order valence-corrected chi connectivity index (χ2v) is 4.60. The summed E-state index contributed by atoms with van der Waals surface area (Å²) < 4.78 is 18.5. The molecule has 1 atom stereocenters. The monoisotopic (exact) mass is 252 g/mol. The Morgan fingerprint density at radius 3 is 3.00 bits per heavy atom. The fraction of sp³-hybridized carbons (Fsp3) is 0.462. The summed E-state index contributed by atoms with van der Waals surface area (Å²) in [5, 5.41) is 9.20. The molecule has 5 heteroatoms. The van der Waals surface area contributed by atoms with E-state index in [0.29, 0.717) is 30.0 Å². The van der Waals surface area contributed by atoms with Gasteiger partial charge < -0.3 is 9.52 Å². The van der Waals surface area contributed by atoms with Crippen LogP contribution in [-0.4, -0.2) is 34.7 Å². The van der Waals surface area contributed by atoms with Crippen molar-refractivity contribution in [2.45, 2.75) is 26.0 Å². The summed E-state index contributed by atoms with van der Waals surface area (Å²) in [5.74, 6) is 0.233. The van der Waals surface area contributed by atoms with Crippen LogP contribution < -0.4 is 0 Å². The number of oxazole rings is 1. The van der Waals surface area contributed by atoms with Crippen molar-refractivity contribution in [3.05, 3.63) is 29.9 Å². The molecule has 1 aromatic heterocycles.